The quantitative estimate of drug-likeness (QED) is 0.617. The minimum atomic E-state index is -0.166. The molecule has 0 bridgehead atoms. The SMILES string of the molecule is Oc1ccc(-c2csc(Nc3ccccc3Cl)n2)cc1O. The molecule has 0 spiro atoms. The van der Waals surface area contributed by atoms with Crippen LogP contribution in [0.3, 0.4) is 0 Å². The molecule has 0 fully saturated rings. The van der Waals surface area contributed by atoms with Gasteiger partial charge in [-0.05, 0) is 30.3 Å². The lowest BCUT2D eigenvalue weighted by molar-refractivity contribution is 0.404. The van der Waals surface area contributed by atoms with Crippen molar-refractivity contribution in [3.05, 3.63) is 52.9 Å². The topological polar surface area (TPSA) is 65.4 Å². The molecule has 106 valence electrons. The van der Waals surface area contributed by atoms with Gasteiger partial charge < -0.3 is 15.5 Å². The van der Waals surface area contributed by atoms with Gasteiger partial charge in [-0.3, -0.25) is 0 Å². The Balaban J connectivity index is 1.86. The number of hydrogen-bond acceptors (Lipinski definition) is 5. The molecule has 0 saturated carbocycles. The first-order valence-corrected chi connectivity index (χ1v) is 7.38. The van der Waals surface area contributed by atoms with Crippen molar-refractivity contribution in [1.82, 2.24) is 4.98 Å². The zero-order chi connectivity index (χ0) is 14.8. The van der Waals surface area contributed by atoms with E-state index in [-0.39, 0.29) is 11.5 Å². The minimum Gasteiger partial charge on any atom is -0.504 e. The highest BCUT2D eigenvalue weighted by Crippen LogP contribution is 2.33. The van der Waals surface area contributed by atoms with Crippen LogP contribution in [0.25, 0.3) is 11.3 Å². The van der Waals surface area contributed by atoms with E-state index in [1.165, 1.54) is 23.5 Å². The number of rotatable bonds is 3. The summed E-state index contributed by atoms with van der Waals surface area (Å²) in [5, 5.41) is 25.2. The number of phenolic OH excluding ortho intramolecular Hbond substituents is 2. The molecule has 0 atom stereocenters. The molecule has 0 unspecified atom stereocenters. The van der Waals surface area contributed by atoms with E-state index in [1.54, 1.807) is 12.1 Å². The van der Waals surface area contributed by atoms with Crippen LogP contribution in [0.2, 0.25) is 5.02 Å². The van der Waals surface area contributed by atoms with Crippen molar-refractivity contribution in [1.29, 1.82) is 0 Å². The summed E-state index contributed by atoms with van der Waals surface area (Å²) in [5.74, 6) is -0.315. The second kappa shape index (κ2) is 5.63. The van der Waals surface area contributed by atoms with Gasteiger partial charge in [-0.2, -0.15) is 0 Å². The fourth-order valence-electron chi connectivity index (χ4n) is 1.82. The summed E-state index contributed by atoms with van der Waals surface area (Å²) in [4.78, 5) is 4.44. The van der Waals surface area contributed by atoms with Crippen molar-refractivity contribution < 1.29 is 10.2 Å². The van der Waals surface area contributed by atoms with Gasteiger partial charge >= 0.3 is 0 Å². The zero-order valence-electron chi connectivity index (χ0n) is 10.7. The summed E-state index contributed by atoms with van der Waals surface area (Å²) >= 11 is 7.52. The third-order valence-electron chi connectivity index (χ3n) is 2.89. The predicted octanol–water partition coefficient (Wildman–Crippen LogP) is 4.62. The van der Waals surface area contributed by atoms with Crippen molar-refractivity contribution >= 4 is 33.8 Å². The smallest absolute Gasteiger partial charge is 0.187 e. The summed E-state index contributed by atoms with van der Waals surface area (Å²) in [6.07, 6.45) is 0. The summed E-state index contributed by atoms with van der Waals surface area (Å²) in [6.45, 7) is 0. The molecule has 6 heteroatoms. The van der Waals surface area contributed by atoms with Gasteiger partial charge in [0.1, 0.15) is 0 Å². The van der Waals surface area contributed by atoms with Crippen LogP contribution in [0.1, 0.15) is 0 Å². The van der Waals surface area contributed by atoms with Crippen LogP contribution in [0.5, 0.6) is 11.5 Å². The van der Waals surface area contributed by atoms with Crippen LogP contribution in [0, 0.1) is 0 Å². The van der Waals surface area contributed by atoms with E-state index in [4.69, 9.17) is 11.6 Å². The highest BCUT2D eigenvalue weighted by molar-refractivity contribution is 7.14. The summed E-state index contributed by atoms with van der Waals surface area (Å²) in [7, 11) is 0. The van der Waals surface area contributed by atoms with Crippen LogP contribution < -0.4 is 5.32 Å². The van der Waals surface area contributed by atoms with Gasteiger partial charge in [-0.1, -0.05) is 23.7 Å². The maximum Gasteiger partial charge on any atom is 0.187 e. The first-order chi connectivity index (χ1) is 10.1. The highest BCUT2D eigenvalue weighted by Gasteiger charge is 2.08. The number of hydrogen-bond donors (Lipinski definition) is 3. The van der Waals surface area contributed by atoms with Crippen LogP contribution in [0.15, 0.2) is 47.8 Å². The van der Waals surface area contributed by atoms with Crippen molar-refractivity contribution in [3.63, 3.8) is 0 Å². The first-order valence-electron chi connectivity index (χ1n) is 6.13. The summed E-state index contributed by atoms with van der Waals surface area (Å²) < 4.78 is 0. The summed E-state index contributed by atoms with van der Waals surface area (Å²) in [5.41, 5.74) is 2.23. The van der Waals surface area contributed by atoms with Crippen molar-refractivity contribution in [2.45, 2.75) is 0 Å². The molecule has 3 N–H and O–H groups in total. The van der Waals surface area contributed by atoms with E-state index in [0.29, 0.717) is 15.8 Å². The number of thiazole rings is 1. The van der Waals surface area contributed by atoms with Gasteiger partial charge in [-0.25, -0.2) is 4.98 Å². The van der Waals surface area contributed by atoms with E-state index in [2.05, 4.69) is 10.3 Å². The van der Waals surface area contributed by atoms with Crippen molar-refractivity contribution in [2.24, 2.45) is 0 Å². The Morgan fingerprint density at radius 3 is 2.62 bits per heavy atom. The number of para-hydroxylation sites is 1. The molecule has 0 aliphatic rings. The molecule has 1 aromatic heterocycles. The number of phenols is 2. The van der Waals surface area contributed by atoms with E-state index < -0.39 is 0 Å². The molecule has 0 amide bonds. The van der Waals surface area contributed by atoms with Gasteiger partial charge in [0.05, 0.1) is 16.4 Å². The van der Waals surface area contributed by atoms with Gasteiger partial charge in [0, 0.05) is 10.9 Å². The third kappa shape index (κ3) is 2.94. The van der Waals surface area contributed by atoms with Gasteiger partial charge in [0.2, 0.25) is 0 Å². The average Bonchev–Trinajstić information content (AvgIpc) is 2.93. The second-order valence-electron chi connectivity index (χ2n) is 4.35. The fourth-order valence-corrected chi connectivity index (χ4v) is 2.74. The average molecular weight is 319 g/mol. The Bertz CT molecular complexity index is 789. The molecule has 3 aromatic rings. The van der Waals surface area contributed by atoms with Gasteiger partial charge in [0.15, 0.2) is 16.6 Å². The number of halogens is 1. The summed E-state index contributed by atoms with van der Waals surface area (Å²) in [6, 6.07) is 12.0. The lowest BCUT2D eigenvalue weighted by Gasteiger charge is -2.04. The second-order valence-corrected chi connectivity index (χ2v) is 5.61. The zero-order valence-corrected chi connectivity index (χ0v) is 12.3. The van der Waals surface area contributed by atoms with Crippen molar-refractivity contribution in [2.75, 3.05) is 5.32 Å². The van der Waals surface area contributed by atoms with Crippen molar-refractivity contribution in [3.8, 4) is 22.8 Å². The molecule has 0 radical (unpaired) electrons. The maximum atomic E-state index is 9.53. The molecule has 0 aliphatic carbocycles. The number of nitrogens with zero attached hydrogens (tertiary/aromatic N) is 1. The Labute approximate surface area is 130 Å². The monoisotopic (exact) mass is 318 g/mol. The number of aromatic hydroxyl groups is 2. The fraction of sp³-hybridized carbons (Fsp3) is 0. The Hall–Kier alpha value is -2.24. The molecular formula is C15H11ClN2O2S. The highest BCUT2D eigenvalue weighted by atomic mass is 35.5. The molecule has 1 heterocycles. The molecule has 3 rings (SSSR count). The third-order valence-corrected chi connectivity index (χ3v) is 3.98. The Morgan fingerprint density at radius 2 is 1.86 bits per heavy atom. The first kappa shape index (κ1) is 13.7. The minimum absolute atomic E-state index is 0.150. The molecule has 0 saturated heterocycles. The van der Waals surface area contributed by atoms with E-state index in [9.17, 15) is 10.2 Å². The lowest BCUT2D eigenvalue weighted by Crippen LogP contribution is -1.90. The van der Waals surface area contributed by atoms with Crippen LogP contribution in [-0.4, -0.2) is 15.2 Å². The number of nitrogens with one attached hydrogen (secondary N) is 1. The van der Waals surface area contributed by atoms with Crippen LogP contribution in [0.4, 0.5) is 10.8 Å². The van der Waals surface area contributed by atoms with Crippen LogP contribution in [-0.2, 0) is 0 Å². The van der Waals surface area contributed by atoms with E-state index in [0.717, 1.165) is 11.3 Å². The molecule has 0 aliphatic heterocycles. The Kier molecular flexibility index (Phi) is 3.68. The maximum absolute atomic E-state index is 9.53. The van der Waals surface area contributed by atoms with Crippen LogP contribution >= 0.6 is 22.9 Å². The standard InChI is InChI=1S/C15H11ClN2O2S/c16-10-3-1-2-4-11(10)17-15-18-12(8-21-15)9-5-6-13(19)14(20)7-9/h1-8,19-20H,(H,17,18). The normalized spacial score (nSPS) is 10.5. The van der Waals surface area contributed by atoms with E-state index >= 15 is 0 Å². The predicted molar refractivity (Wildman–Crippen MR) is 85.6 cm³/mol. The number of anilines is 2. The Morgan fingerprint density at radius 1 is 1.05 bits per heavy atom. The largest absolute Gasteiger partial charge is 0.504 e. The number of aromatic nitrogens is 1. The van der Waals surface area contributed by atoms with E-state index in [1.807, 2.05) is 23.6 Å². The van der Waals surface area contributed by atoms with Gasteiger partial charge in [0.25, 0.3) is 0 Å². The lowest BCUT2D eigenvalue weighted by atomic mass is 10.1. The molecule has 2 aromatic carbocycles. The molecule has 4 nitrogen and oxygen atoms in total. The number of benzene rings is 2. The molecule has 21 heavy (non-hydrogen) atoms. The molecular weight excluding hydrogens is 308 g/mol. The van der Waals surface area contributed by atoms with Gasteiger partial charge in [-0.15, -0.1) is 11.3 Å².